The zero-order chi connectivity index (χ0) is 24.9. The molecule has 5 aromatic rings. The normalized spacial score (nSPS) is 11.1. The summed E-state index contributed by atoms with van der Waals surface area (Å²) < 4.78 is 0. The number of anilines is 1. The highest BCUT2D eigenvalue weighted by Gasteiger charge is 2.16. The zero-order valence-electron chi connectivity index (χ0n) is 20.3. The van der Waals surface area contributed by atoms with Gasteiger partial charge in [0, 0.05) is 17.5 Å². The van der Waals surface area contributed by atoms with E-state index in [0.717, 1.165) is 44.7 Å². The maximum absolute atomic E-state index is 13.0. The van der Waals surface area contributed by atoms with Crippen molar-refractivity contribution in [2.45, 2.75) is 13.8 Å². The number of hydrazine groups is 2. The Hall–Kier alpha value is -4.00. The van der Waals surface area contributed by atoms with E-state index >= 15 is 0 Å². The summed E-state index contributed by atoms with van der Waals surface area (Å²) in [4.78, 5) is 17.7. The van der Waals surface area contributed by atoms with Gasteiger partial charge in [-0.3, -0.25) is 15.2 Å². The van der Waals surface area contributed by atoms with Crippen LogP contribution in [-0.4, -0.2) is 17.4 Å². The quantitative estimate of drug-likeness (QED) is 0.230. The molecule has 0 aliphatic rings. The summed E-state index contributed by atoms with van der Waals surface area (Å²) in [5.41, 5.74) is 10.6. The number of nitrogens with one attached hydrogen (secondary N) is 2. The summed E-state index contributed by atoms with van der Waals surface area (Å²) in [6, 6.07) is 32.9. The fourth-order valence-corrected chi connectivity index (χ4v) is 5.00. The maximum Gasteiger partial charge on any atom is 0.286 e. The van der Waals surface area contributed by atoms with Gasteiger partial charge in [-0.05, 0) is 39.9 Å². The molecule has 5 rings (SSSR count). The Morgan fingerprint density at radius 1 is 0.889 bits per heavy atom. The van der Waals surface area contributed by atoms with Gasteiger partial charge in [-0.15, -0.1) is 16.9 Å². The number of hydrogen-bond acceptors (Lipinski definition) is 5. The van der Waals surface area contributed by atoms with E-state index in [4.69, 9.17) is 0 Å². The van der Waals surface area contributed by atoms with Crippen molar-refractivity contribution in [2.75, 3.05) is 11.6 Å². The molecule has 1 heterocycles. The predicted octanol–water partition coefficient (Wildman–Crippen LogP) is 6.94. The Labute approximate surface area is 215 Å². The average molecular weight is 493 g/mol. The molecular weight excluding hydrogens is 464 g/mol. The lowest BCUT2D eigenvalue weighted by Gasteiger charge is -2.27. The van der Waals surface area contributed by atoms with Gasteiger partial charge in [0.1, 0.15) is 10.7 Å². The van der Waals surface area contributed by atoms with E-state index in [1.54, 1.807) is 5.38 Å². The number of thiazole rings is 1. The number of nitrogens with zero attached hydrogens (tertiary/aromatic N) is 2. The van der Waals surface area contributed by atoms with Gasteiger partial charge in [-0.2, -0.15) is 0 Å². The van der Waals surface area contributed by atoms with Gasteiger partial charge < -0.3 is 0 Å². The molecule has 2 N–H and O–H groups in total. The van der Waals surface area contributed by atoms with E-state index in [1.807, 2.05) is 59.6 Å². The number of carbonyl (C=O) groups excluding carboxylic acids is 1. The minimum Gasteiger partial charge on any atom is -0.291 e. The maximum atomic E-state index is 13.0. The van der Waals surface area contributed by atoms with Crippen molar-refractivity contribution in [1.82, 2.24) is 15.9 Å². The van der Waals surface area contributed by atoms with E-state index in [0.29, 0.717) is 11.6 Å². The van der Waals surface area contributed by atoms with Crippen LogP contribution in [0.25, 0.3) is 32.5 Å². The minimum atomic E-state index is -0.272. The van der Waals surface area contributed by atoms with E-state index in [9.17, 15) is 4.79 Å². The Balaban J connectivity index is 1.33. The number of hydrogen-bond donors (Lipinski definition) is 2. The third kappa shape index (κ3) is 5.30. The number of amides is 1. The number of benzene rings is 4. The SMILES string of the molecule is CC(C)CN(NNC(=O)c1csc(-c2cccc3ccccc23)n1)c1cccc(-c2ccccc2)c1. The van der Waals surface area contributed by atoms with Crippen LogP contribution in [0.2, 0.25) is 0 Å². The van der Waals surface area contributed by atoms with Crippen molar-refractivity contribution in [3.63, 3.8) is 0 Å². The van der Waals surface area contributed by atoms with Crippen molar-refractivity contribution >= 4 is 33.7 Å². The predicted molar refractivity (Wildman–Crippen MR) is 150 cm³/mol. The highest BCUT2D eigenvalue weighted by Crippen LogP contribution is 2.31. The van der Waals surface area contributed by atoms with Gasteiger partial charge in [0.15, 0.2) is 0 Å². The summed E-state index contributed by atoms with van der Waals surface area (Å²) in [7, 11) is 0. The van der Waals surface area contributed by atoms with Crippen molar-refractivity contribution in [1.29, 1.82) is 0 Å². The monoisotopic (exact) mass is 492 g/mol. The van der Waals surface area contributed by atoms with Gasteiger partial charge in [0.05, 0.1) is 5.69 Å². The van der Waals surface area contributed by atoms with Crippen LogP contribution in [0, 0.1) is 5.92 Å². The molecule has 0 aliphatic heterocycles. The number of carbonyl (C=O) groups is 1. The van der Waals surface area contributed by atoms with Crippen LogP contribution in [0.4, 0.5) is 5.69 Å². The van der Waals surface area contributed by atoms with Crippen molar-refractivity contribution in [2.24, 2.45) is 5.92 Å². The summed E-state index contributed by atoms with van der Waals surface area (Å²) in [6.07, 6.45) is 0. The molecule has 6 heteroatoms. The molecule has 0 unspecified atom stereocenters. The molecule has 0 saturated carbocycles. The molecule has 1 amide bonds. The van der Waals surface area contributed by atoms with Crippen LogP contribution in [0.5, 0.6) is 0 Å². The van der Waals surface area contributed by atoms with E-state index in [-0.39, 0.29) is 5.91 Å². The molecule has 5 nitrogen and oxygen atoms in total. The molecular formula is C30H28N4OS. The second-order valence-electron chi connectivity index (χ2n) is 9.05. The first-order valence-corrected chi connectivity index (χ1v) is 12.9. The number of fused-ring (bicyclic) bond motifs is 1. The lowest BCUT2D eigenvalue weighted by molar-refractivity contribution is 0.0926. The molecule has 0 saturated heterocycles. The molecule has 1 aromatic heterocycles. The molecule has 0 atom stereocenters. The largest absolute Gasteiger partial charge is 0.291 e. The number of aromatic nitrogens is 1. The molecule has 0 radical (unpaired) electrons. The summed E-state index contributed by atoms with van der Waals surface area (Å²) in [5, 5.41) is 6.87. The highest BCUT2D eigenvalue weighted by atomic mass is 32.1. The van der Waals surface area contributed by atoms with Gasteiger partial charge in [0.25, 0.3) is 5.91 Å². The summed E-state index contributed by atoms with van der Waals surface area (Å²) in [6.45, 7) is 5.01. The van der Waals surface area contributed by atoms with Crippen LogP contribution in [0.1, 0.15) is 24.3 Å². The molecule has 36 heavy (non-hydrogen) atoms. The Morgan fingerprint density at radius 2 is 1.61 bits per heavy atom. The summed E-state index contributed by atoms with van der Waals surface area (Å²) in [5.74, 6) is 0.109. The third-order valence-electron chi connectivity index (χ3n) is 5.87. The fourth-order valence-electron chi connectivity index (χ4n) is 4.16. The molecule has 0 spiro atoms. The Kier molecular flexibility index (Phi) is 7.07. The third-order valence-corrected chi connectivity index (χ3v) is 6.75. The molecule has 0 fully saturated rings. The lowest BCUT2D eigenvalue weighted by Crippen LogP contribution is -2.51. The Bertz CT molecular complexity index is 1470. The zero-order valence-corrected chi connectivity index (χ0v) is 21.1. The summed E-state index contributed by atoms with van der Waals surface area (Å²) >= 11 is 1.47. The first-order valence-electron chi connectivity index (χ1n) is 12.0. The Morgan fingerprint density at radius 3 is 2.44 bits per heavy atom. The van der Waals surface area contributed by atoms with Crippen LogP contribution in [0.15, 0.2) is 102 Å². The van der Waals surface area contributed by atoms with Crippen LogP contribution in [-0.2, 0) is 0 Å². The van der Waals surface area contributed by atoms with Crippen molar-refractivity contribution < 1.29 is 4.79 Å². The van der Waals surface area contributed by atoms with Crippen molar-refractivity contribution in [3.8, 4) is 21.7 Å². The average Bonchev–Trinajstić information content (AvgIpc) is 3.41. The topological polar surface area (TPSA) is 57.3 Å². The van der Waals surface area contributed by atoms with Gasteiger partial charge in [0.2, 0.25) is 0 Å². The number of rotatable bonds is 8. The van der Waals surface area contributed by atoms with Crippen LogP contribution in [0.3, 0.4) is 0 Å². The highest BCUT2D eigenvalue weighted by molar-refractivity contribution is 7.13. The molecule has 4 aromatic carbocycles. The second-order valence-corrected chi connectivity index (χ2v) is 9.91. The molecule has 0 bridgehead atoms. The molecule has 180 valence electrons. The van der Waals surface area contributed by atoms with E-state index in [1.165, 1.54) is 11.3 Å². The van der Waals surface area contributed by atoms with Gasteiger partial charge in [-0.25, -0.2) is 4.98 Å². The van der Waals surface area contributed by atoms with Crippen LogP contribution < -0.4 is 16.0 Å². The minimum absolute atomic E-state index is 0.272. The van der Waals surface area contributed by atoms with Gasteiger partial charge in [-0.1, -0.05) is 98.8 Å². The fraction of sp³-hybridized carbons (Fsp3) is 0.133. The second kappa shape index (κ2) is 10.7. The van der Waals surface area contributed by atoms with E-state index in [2.05, 4.69) is 72.3 Å². The van der Waals surface area contributed by atoms with Crippen molar-refractivity contribution in [3.05, 3.63) is 108 Å². The first kappa shape index (κ1) is 23.7. The standard InChI is InChI=1S/C30H28N4OS/c1-21(2)19-34(25-15-8-14-24(18-25)22-10-4-3-5-11-22)33-32-29(35)28-20-36-30(31-28)27-17-9-13-23-12-6-7-16-26(23)27/h3-18,20-21,33H,19H2,1-2H3,(H,32,35). The van der Waals surface area contributed by atoms with E-state index < -0.39 is 0 Å². The van der Waals surface area contributed by atoms with Gasteiger partial charge >= 0.3 is 0 Å². The molecule has 0 aliphatic carbocycles. The lowest BCUT2D eigenvalue weighted by atomic mass is 10.0. The van der Waals surface area contributed by atoms with Crippen LogP contribution >= 0.6 is 11.3 Å². The first-order chi connectivity index (χ1) is 17.6. The smallest absolute Gasteiger partial charge is 0.286 e.